The topological polar surface area (TPSA) is 51.2 Å². The number of rotatable bonds is 6. The van der Waals surface area contributed by atoms with Gasteiger partial charge >= 0.3 is 0 Å². The van der Waals surface area contributed by atoms with E-state index in [4.69, 9.17) is 4.74 Å². The van der Waals surface area contributed by atoms with Gasteiger partial charge in [0.1, 0.15) is 5.75 Å². The molecule has 1 aromatic heterocycles. The van der Waals surface area contributed by atoms with E-state index in [1.54, 1.807) is 0 Å². The van der Waals surface area contributed by atoms with Gasteiger partial charge in [-0.05, 0) is 24.1 Å². The van der Waals surface area contributed by atoms with Gasteiger partial charge in [0.2, 0.25) is 5.91 Å². The van der Waals surface area contributed by atoms with Crippen LogP contribution < -0.4 is 10.1 Å². The van der Waals surface area contributed by atoms with Crippen LogP contribution in [0.1, 0.15) is 31.9 Å². The molecule has 1 heterocycles. The first-order valence-corrected chi connectivity index (χ1v) is 8.35. The summed E-state index contributed by atoms with van der Waals surface area (Å²) in [5.74, 6) is 1.02. The van der Waals surface area contributed by atoms with Gasteiger partial charge in [0.15, 0.2) is 5.13 Å². The largest absolute Gasteiger partial charge is 0.493 e. The van der Waals surface area contributed by atoms with Gasteiger partial charge in [-0.1, -0.05) is 35.8 Å². The van der Waals surface area contributed by atoms with Crippen molar-refractivity contribution < 1.29 is 9.53 Å². The molecule has 0 aliphatic heterocycles. The second-order valence-electron chi connectivity index (χ2n) is 4.84. The molecule has 1 amide bonds. The van der Waals surface area contributed by atoms with Crippen molar-refractivity contribution in [3.8, 4) is 5.75 Å². The highest BCUT2D eigenvalue weighted by Crippen LogP contribution is 2.21. The molecule has 1 aromatic carbocycles. The summed E-state index contributed by atoms with van der Waals surface area (Å²) in [6.45, 7) is 4.49. The molecule has 0 saturated carbocycles. The third-order valence-corrected chi connectivity index (χ3v) is 4.02. The molecule has 0 aliphatic carbocycles. The van der Waals surface area contributed by atoms with Crippen molar-refractivity contribution in [1.29, 1.82) is 0 Å². The van der Waals surface area contributed by atoms with Crippen LogP contribution in [0.4, 0.5) is 5.13 Å². The number of nitrogens with zero attached hydrogens (tertiary/aromatic N) is 1. The lowest BCUT2D eigenvalue weighted by molar-refractivity contribution is -0.116. The molecule has 0 unspecified atom stereocenters. The fourth-order valence-electron chi connectivity index (χ4n) is 1.61. The van der Waals surface area contributed by atoms with Gasteiger partial charge in [0.25, 0.3) is 0 Å². The smallest absolute Gasteiger partial charge is 0.229 e. The number of anilines is 1. The Labute approximate surface area is 136 Å². The Bertz CT molecular complexity index is 613. The summed E-state index contributed by atoms with van der Waals surface area (Å²) in [4.78, 5) is 16.2. The van der Waals surface area contributed by atoms with Crippen molar-refractivity contribution in [1.82, 2.24) is 4.98 Å². The monoisotopic (exact) mass is 368 g/mol. The zero-order chi connectivity index (χ0) is 15.2. The molecule has 0 radical (unpaired) electrons. The Hall–Kier alpha value is -1.40. The average Bonchev–Trinajstić information content (AvgIpc) is 2.87. The number of carbonyl (C=O) groups excluding carboxylic acids is 1. The van der Waals surface area contributed by atoms with Gasteiger partial charge in [0, 0.05) is 9.85 Å². The van der Waals surface area contributed by atoms with E-state index in [-0.39, 0.29) is 5.91 Å². The highest BCUT2D eigenvalue weighted by Gasteiger charge is 2.09. The van der Waals surface area contributed by atoms with Gasteiger partial charge in [0.05, 0.1) is 18.7 Å². The number of hydrogen-bond acceptors (Lipinski definition) is 4. The average molecular weight is 369 g/mol. The Morgan fingerprint density at radius 2 is 2.29 bits per heavy atom. The van der Waals surface area contributed by atoms with Gasteiger partial charge in [-0.3, -0.25) is 4.79 Å². The fourth-order valence-corrected chi connectivity index (χ4v) is 2.88. The number of thiazole rings is 1. The summed E-state index contributed by atoms with van der Waals surface area (Å²) in [6.07, 6.45) is 0.295. The minimum Gasteiger partial charge on any atom is -0.493 e. The molecule has 0 atom stereocenters. The summed E-state index contributed by atoms with van der Waals surface area (Å²) in [5.41, 5.74) is 1.00. The Balaban J connectivity index is 1.77. The Morgan fingerprint density at radius 1 is 1.48 bits per heavy atom. The quantitative estimate of drug-likeness (QED) is 0.819. The predicted molar refractivity (Wildman–Crippen MR) is 89.1 cm³/mol. The van der Waals surface area contributed by atoms with Crippen molar-refractivity contribution in [2.75, 3.05) is 11.9 Å². The maximum atomic E-state index is 11.8. The summed E-state index contributed by atoms with van der Waals surface area (Å²) in [5, 5.41) is 5.41. The van der Waals surface area contributed by atoms with Crippen LogP contribution in [0.15, 0.2) is 34.1 Å². The molecule has 2 aromatic rings. The number of hydrogen-bond donors (Lipinski definition) is 1. The molecule has 0 saturated heterocycles. The first-order valence-electron chi connectivity index (χ1n) is 6.68. The van der Waals surface area contributed by atoms with Gasteiger partial charge < -0.3 is 10.1 Å². The highest BCUT2D eigenvalue weighted by atomic mass is 79.9. The van der Waals surface area contributed by atoms with E-state index in [1.165, 1.54) is 11.3 Å². The summed E-state index contributed by atoms with van der Waals surface area (Å²) >= 11 is 4.82. The number of amides is 1. The zero-order valence-corrected chi connectivity index (χ0v) is 14.3. The number of halogens is 1. The lowest BCUT2D eigenvalue weighted by atomic mass is 10.2. The van der Waals surface area contributed by atoms with E-state index in [1.807, 2.05) is 29.6 Å². The molecule has 0 spiro atoms. The van der Waals surface area contributed by atoms with E-state index in [9.17, 15) is 4.79 Å². The molecule has 1 N–H and O–H groups in total. The van der Waals surface area contributed by atoms with Crippen LogP contribution in [0.25, 0.3) is 0 Å². The van der Waals surface area contributed by atoms with Crippen LogP contribution in [0.2, 0.25) is 0 Å². The first kappa shape index (κ1) is 16.0. The van der Waals surface area contributed by atoms with Crippen molar-refractivity contribution in [3.05, 3.63) is 39.8 Å². The standard InChI is InChI=1S/C15H17BrN2O2S/c1-10(2)13-9-21-15(17-13)18-14(19)6-7-20-12-5-3-4-11(16)8-12/h3-5,8-10H,6-7H2,1-2H3,(H,17,18,19). The van der Waals surface area contributed by atoms with Crippen LogP contribution in [0.5, 0.6) is 5.75 Å². The molecule has 4 nitrogen and oxygen atoms in total. The number of ether oxygens (including phenoxy) is 1. The Kier molecular flexibility index (Phi) is 5.76. The first-order chi connectivity index (χ1) is 10.0. The maximum absolute atomic E-state index is 11.8. The van der Waals surface area contributed by atoms with E-state index < -0.39 is 0 Å². The van der Waals surface area contributed by atoms with Crippen LogP contribution >= 0.6 is 27.3 Å². The summed E-state index contributed by atoms with van der Waals surface area (Å²) < 4.78 is 6.48. The van der Waals surface area contributed by atoms with Crippen molar-refractivity contribution in [2.45, 2.75) is 26.2 Å². The van der Waals surface area contributed by atoms with Crippen LogP contribution in [-0.4, -0.2) is 17.5 Å². The molecular formula is C15H17BrN2O2S. The lowest BCUT2D eigenvalue weighted by Gasteiger charge is -2.06. The normalized spacial score (nSPS) is 10.7. The second kappa shape index (κ2) is 7.56. The van der Waals surface area contributed by atoms with E-state index in [0.29, 0.717) is 24.1 Å². The van der Waals surface area contributed by atoms with E-state index >= 15 is 0 Å². The summed E-state index contributed by atoms with van der Waals surface area (Å²) in [7, 11) is 0. The van der Waals surface area contributed by atoms with Crippen molar-refractivity contribution >= 4 is 38.3 Å². The van der Waals surface area contributed by atoms with E-state index in [2.05, 4.69) is 40.1 Å². The lowest BCUT2D eigenvalue weighted by Crippen LogP contribution is -2.15. The summed E-state index contributed by atoms with van der Waals surface area (Å²) in [6, 6.07) is 7.54. The molecule has 0 aliphatic rings. The zero-order valence-electron chi connectivity index (χ0n) is 11.9. The Morgan fingerprint density at radius 3 is 2.95 bits per heavy atom. The third-order valence-electron chi connectivity index (χ3n) is 2.75. The SMILES string of the molecule is CC(C)c1csc(NC(=O)CCOc2cccc(Br)c2)n1. The van der Waals surface area contributed by atoms with Crippen LogP contribution in [-0.2, 0) is 4.79 Å². The number of benzene rings is 1. The molecule has 112 valence electrons. The molecule has 0 fully saturated rings. The third kappa shape index (κ3) is 5.13. The molecule has 6 heteroatoms. The van der Waals surface area contributed by atoms with Gasteiger partial charge in [-0.25, -0.2) is 4.98 Å². The minimum absolute atomic E-state index is 0.0883. The van der Waals surface area contributed by atoms with Crippen molar-refractivity contribution in [2.24, 2.45) is 0 Å². The number of aromatic nitrogens is 1. The molecular weight excluding hydrogens is 352 g/mol. The molecule has 0 bridgehead atoms. The minimum atomic E-state index is -0.0883. The maximum Gasteiger partial charge on any atom is 0.229 e. The van der Waals surface area contributed by atoms with Gasteiger partial charge in [-0.15, -0.1) is 11.3 Å². The fraction of sp³-hybridized carbons (Fsp3) is 0.333. The van der Waals surface area contributed by atoms with Gasteiger partial charge in [-0.2, -0.15) is 0 Å². The second-order valence-corrected chi connectivity index (χ2v) is 6.61. The van der Waals surface area contributed by atoms with Crippen LogP contribution in [0.3, 0.4) is 0 Å². The van der Waals surface area contributed by atoms with E-state index in [0.717, 1.165) is 15.9 Å². The number of carbonyl (C=O) groups is 1. The van der Waals surface area contributed by atoms with Crippen molar-refractivity contribution in [3.63, 3.8) is 0 Å². The number of nitrogens with one attached hydrogen (secondary N) is 1. The highest BCUT2D eigenvalue weighted by molar-refractivity contribution is 9.10. The molecule has 2 rings (SSSR count). The van der Waals surface area contributed by atoms with Crippen LogP contribution in [0, 0.1) is 0 Å². The molecule has 21 heavy (non-hydrogen) atoms. The predicted octanol–water partition coefficient (Wildman–Crippen LogP) is 4.44.